The summed E-state index contributed by atoms with van der Waals surface area (Å²) in [7, 11) is 3.61. The summed E-state index contributed by atoms with van der Waals surface area (Å²) in [5.41, 5.74) is 1.26. The van der Waals surface area contributed by atoms with Crippen LogP contribution in [0.3, 0.4) is 0 Å². The molecule has 0 saturated carbocycles. The average Bonchev–Trinajstić information content (AvgIpc) is 2.87. The van der Waals surface area contributed by atoms with Crippen molar-refractivity contribution in [3.63, 3.8) is 0 Å². The standard InChI is InChI=1S/C32H62O3/c1-5-7-9-10-11-12-13-14-15-16-17-18-19-20-21-23-25-31(34-3)32(35-4)27-26-30(28-29-33)24-22-8-6-2/h28-29,31-32H,5-27H2,1-4H3/b30-28-. The van der Waals surface area contributed by atoms with Crippen LogP contribution in [0.2, 0.25) is 0 Å². The van der Waals surface area contributed by atoms with E-state index < -0.39 is 0 Å². The van der Waals surface area contributed by atoms with Gasteiger partial charge in [-0.2, -0.15) is 0 Å². The SMILES string of the molecule is CCCCCCCCCCCCCCCCCCC(OC)C(CC/C(=C\C=O)CCCCC)OC. The Labute approximate surface area is 220 Å². The molecule has 0 rings (SSSR count). The summed E-state index contributed by atoms with van der Waals surface area (Å²) in [6, 6.07) is 0. The van der Waals surface area contributed by atoms with Gasteiger partial charge in [0.2, 0.25) is 0 Å². The highest BCUT2D eigenvalue weighted by atomic mass is 16.5. The number of aldehydes is 1. The Kier molecular flexibility index (Phi) is 27.4. The van der Waals surface area contributed by atoms with Gasteiger partial charge in [0.25, 0.3) is 0 Å². The monoisotopic (exact) mass is 494 g/mol. The molecule has 2 atom stereocenters. The van der Waals surface area contributed by atoms with Crippen LogP contribution in [0.1, 0.15) is 162 Å². The molecule has 0 fully saturated rings. The predicted octanol–water partition coefficient (Wildman–Crippen LogP) is 10.2. The highest BCUT2D eigenvalue weighted by Crippen LogP contribution is 2.22. The largest absolute Gasteiger partial charge is 0.379 e. The molecule has 3 nitrogen and oxygen atoms in total. The fourth-order valence-corrected chi connectivity index (χ4v) is 5.12. The number of unbranched alkanes of at least 4 members (excludes halogenated alkanes) is 17. The van der Waals surface area contributed by atoms with Crippen molar-refractivity contribution in [1.82, 2.24) is 0 Å². The summed E-state index contributed by atoms with van der Waals surface area (Å²) < 4.78 is 11.6. The Hall–Kier alpha value is -0.670. The van der Waals surface area contributed by atoms with Crippen LogP contribution in [0.4, 0.5) is 0 Å². The van der Waals surface area contributed by atoms with E-state index in [-0.39, 0.29) is 12.2 Å². The van der Waals surface area contributed by atoms with E-state index in [9.17, 15) is 4.79 Å². The van der Waals surface area contributed by atoms with Crippen molar-refractivity contribution < 1.29 is 14.3 Å². The van der Waals surface area contributed by atoms with Gasteiger partial charge in [0, 0.05) is 14.2 Å². The lowest BCUT2D eigenvalue weighted by Gasteiger charge is -2.25. The van der Waals surface area contributed by atoms with Crippen LogP contribution in [-0.4, -0.2) is 32.7 Å². The molecule has 0 aliphatic heterocycles. The zero-order chi connectivity index (χ0) is 25.8. The Morgan fingerprint density at radius 2 is 0.943 bits per heavy atom. The number of allylic oxidation sites excluding steroid dienone is 2. The molecule has 0 aliphatic carbocycles. The highest BCUT2D eigenvalue weighted by Gasteiger charge is 2.20. The molecule has 208 valence electrons. The molecule has 0 spiro atoms. The quantitative estimate of drug-likeness (QED) is 0.0616. The summed E-state index contributed by atoms with van der Waals surface area (Å²) >= 11 is 0. The van der Waals surface area contributed by atoms with E-state index in [1.807, 2.05) is 7.11 Å². The van der Waals surface area contributed by atoms with Crippen molar-refractivity contribution in [2.75, 3.05) is 14.2 Å². The normalized spacial score (nSPS) is 13.8. The summed E-state index contributed by atoms with van der Waals surface area (Å²) in [6.07, 6.45) is 32.9. The molecule has 3 heteroatoms. The number of methoxy groups -OCH3 is 2. The fourth-order valence-electron chi connectivity index (χ4n) is 5.12. The van der Waals surface area contributed by atoms with Gasteiger partial charge >= 0.3 is 0 Å². The summed E-state index contributed by atoms with van der Waals surface area (Å²) in [6.45, 7) is 4.50. The number of hydrogen-bond donors (Lipinski definition) is 0. The number of hydrogen-bond acceptors (Lipinski definition) is 3. The average molecular weight is 495 g/mol. The van der Waals surface area contributed by atoms with Crippen molar-refractivity contribution in [1.29, 1.82) is 0 Å². The maximum Gasteiger partial charge on any atom is 0.142 e. The van der Waals surface area contributed by atoms with Crippen LogP contribution < -0.4 is 0 Å². The summed E-state index contributed by atoms with van der Waals surface area (Å²) in [5, 5.41) is 0. The summed E-state index contributed by atoms with van der Waals surface area (Å²) in [5.74, 6) is 0. The Bertz CT molecular complexity index is 460. The van der Waals surface area contributed by atoms with E-state index in [2.05, 4.69) is 13.8 Å². The predicted molar refractivity (Wildman–Crippen MR) is 153 cm³/mol. The van der Waals surface area contributed by atoms with Gasteiger partial charge in [-0.05, 0) is 38.2 Å². The van der Waals surface area contributed by atoms with E-state index in [4.69, 9.17) is 9.47 Å². The van der Waals surface area contributed by atoms with Crippen LogP contribution in [0.25, 0.3) is 0 Å². The first-order chi connectivity index (χ1) is 17.2. The maximum absolute atomic E-state index is 11.0. The van der Waals surface area contributed by atoms with E-state index in [0.29, 0.717) is 0 Å². The fraction of sp³-hybridized carbons (Fsp3) is 0.906. The van der Waals surface area contributed by atoms with Crippen LogP contribution >= 0.6 is 0 Å². The lowest BCUT2D eigenvalue weighted by molar-refractivity contribution is -0.104. The number of rotatable bonds is 28. The third-order valence-corrected chi connectivity index (χ3v) is 7.52. The van der Waals surface area contributed by atoms with E-state index in [1.165, 1.54) is 128 Å². The van der Waals surface area contributed by atoms with Crippen molar-refractivity contribution in [3.05, 3.63) is 11.6 Å². The van der Waals surface area contributed by atoms with Gasteiger partial charge in [-0.3, -0.25) is 4.79 Å². The van der Waals surface area contributed by atoms with Crippen LogP contribution in [-0.2, 0) is 14.3 Å². The molecule has 0 N–H and O–H groups in total. The molecule has 0 amide bonds. The zero-order valence-electron chi connectivity index (χ0n) is 24.3. The van der Waals surface area contributed by atoms with Crippen molar-refractivity contribution in [2.24, 2.45) is 0 Å². The smallest absolute Gasteiger partial charge is 0.142 e. The van der Waals surface area contributed by atoms with Crippen LogP contribution in [0.5, 0.6) is 0 Å². The van der Waals surface area contributed by atoms with Crippen molar-refractivity contribution in [2.45, 2.75) is 174 Å². The second-order valence-electron chi connectivity index (χ2n) is 10.6. The zero-order valence-corrected chi connectivity index (χ0v) is 24.3. The Morgan fingerprint density at radius 1 is 0.543 bits per heavy atom. The van der Waals surface area contributed by atoms with Gasteiger partial charge in [-0.25, -0.2) is 0 Å². The molecular weight excluding hydrogens is 432 g/mol. The molecule has 0 heterocycles. The topological polar surface area (TPSA) is 35.5 Å². The molecule has 0 aromatic rings. The number of ether oxygens (including phenoxy) is 2. The van der Waals surface area contributed by atoms with Gasteiger partial charge < -0.3 is 9.47 Å². The first-order valence-corrected chi connectivity index (χ1v) is 15.4. The number of carbonyl (C=O) groups excluding carboxylic acids is 1. The van der Waals surface area contributed by atoms with Crippen LogP contribution in [0.15, 0.2) is 11.6 Å². The molecule has 2 unspecified atom stereocenters. The Morgan fingerprint density at radius 3 is 1.37 bits per heavy atom. The number of carbonyl (C=O) groups is 1. The second kappa shape index (κ2) is 27.9. The minimum Gasteiger partial charge on any atom is -0.379 e. The maximum atomic E-state index is 11.0. The van der Waals surface area contributed by atoms with Gasteiger partial charge in [0.05, 0.1) is 12.2 Å². The lowest BCUT2D eigenvalue weighted by atomic mass is 9.96. The van der Waals surface area contributed by atoms with Gasteiger partial charge in [-0.1, -0.05) is 135 Å². The molecule has 0 saturated heterocycles. The molecule has 0 aromatic heterocycles. The molecule has 0 bridgehead atoms. The van der Waals surface area contributed by atoms with Crippen LogP contribution in [0, 0.1) is 0 Å². The van der Waals surface area contributed by atoms with E-state index in [1.54, 1.807) is 13.2 Å². The summed E-state index contributed by atoms with van der Waals surface area (Å²) in [4.78, 5) is 11.0. The van der Waals surface area contributed by atoms with E-state index in [0.717, 1.165) is 32.0 Å². The Balaban J connectivity index is 3.79. The third-order valence-electron chi connectivity index (χ3n) is 7.52. The lowest BCUT2D eigenvalue weighted by Crippen LogP contribution is -2.30. The van der Waals surface area contributed by atoms with Gasteiger partial charge in [0.1, 0.15) is 6.29 Å². The van der Waals surface area contributed by atoms with Crippen molar-refractivity contribution >= 4 is 6.29 Å². The van der Waals surface area contributed by atoms with E-state index >= 15 is 0 Å². The van der Waals surface area contributed by atoms with Gasteiger partial charge in [0.15, 0.2) is 0 Å². The molecule has 0 radical (unpaired) electrons. The third kappa shape index (κ3) is 22.3. The minimum atomic E-state index is 0.109. The molecule has 0 aliphatic rings. The second-order valence-corrected chi connectivity index (χ2v) is 10.6. The minimum absolute atomic E-state index is 0.109. The van der Waals surface area contributed by atoms with Gasteiger partial charge in [-0.15, -0.1) is 0 Å². The van der Waals surface area contributed by atoms with Crippen molar-refractivity contribution in [3.8, 4) is 0 Å². The molecule has 35 heavy (non-hydrogen) atoms. The molecule has 0 aromatic carbocycles. The first kappa shape index (κ1) is 34.3. The first-order valence-electron chi connectivity index (χ1n) is 15.4. The highest BCUT2D eigenvalue weighted by molar-refractivity contribution is 5.66. The molecular formula is C32H62O3.